The molecule has 1 fully saturated rings. The Kier molecular flexibility index (Phi) is 5.73. The average molecular weight is 228 g/mol. The number of hydrogen-bond acceptors (Lipinski definition) is 3. The minimum Gasteiger partial charge on any atom is -0.373 e. The first-order chi connectivity index (χ1) is 7.55. The van der Waals surface area contributed by atoms with Crippen molar-refractivity contribution in [3.05, 3.63) is 0 Å². The van der Waals surface area contributed by atoms with E-state index in [2.05, 4.69) is 37.9 Å². The second kappa shape index (κ2) is 6.58. The van der Waals surface area contributed by atoms with Gasteiger partial charge in [0, 0.05) is 19.1 Å². The molecule has 0 aromatic rings. The van der Waals surface area contributed by atoms with Crippen molar-refractivity contribution in [1.82, 2.24) is 10.2 Å². The highest BCUT2D eigenvalue weighted by Crippen LogP contribution is 2.19. The number of nitrogens with zero attached hydrogens (tertiary/aromatic N) is 1. The lowest BCUT2D eigenvalue weighted by Gasteiger charge is -2.41. The predicted molar refractivity (Wildman–Crippen MR) is 68.8 cm³/mol. The van der Waals surface area contributed by atoms with Crippen LogP contribution in [-0.4, -0.2) is 49.3 Å². The van der Waals surface area contributed by atoms with Gasteiger partial charge in [0.05, 0.1) is 12.2 Å². The standard InChI is InChI=1S/C13H28N2O/c1-5-14-8-6-7-12(2)15-9-10-16-13(3,4)11-15/h12,14H,5-11H2,1-4H3. The molecular weight excluding hydrogens is 200 g/mol. The lowest BCUT2D eigenvalue weighted by Crippen LogP contribution is -2.51. The molecule has 3 heteroatoms. The molecule has 16 heavy (non-hydrogen) atoms. The van der Waals surface area contributed by atoms with Gasteiger partial charge in [0.1, 0.15) is 0 Å². The van der Waals surface area contributed by atoms with Gasteiger partial charge in [-0.2, -0.15) is 0 Å². The number of nitrogens with one attached hydrogen (secondary N) is 1. The largest absolute Gasteiger partial charge is 0.373 e. The lowest BCUT2D eigenvalue weighted by atomic mass is 10.0. The molecule has 0 saturated carbocycles. The summed E-state index contributed by atoms with van der Waals surface area (Å²) in [6, 6.07) is 0.682. The molecule has 0 amide bonds. The van der Waals surface area contributed by atoms with Gasteiger partial charge in [-0.15, -0.1) is 0 Å². The Hall–Kier alpha value is -0.120. The van der Waals surface area contributed by atoms with Gasteiger partial charge in [-0.05, 0) is 46.7 Å². The summed E-state index contributed by atoms with van der Waals surface area (Å²) in [6.07, 6.45) is 2.55. The van der Waals surface area contributed by atoms with Gasteiger partial charge in [0.25, 0.3) is 0 Å². The van der Waals surface area contributed by atoms with Crippen LogP contribution in [0, 0.1) is 0 Å². The second-order valence-electron chi connectivity index (χ2n) is 5.42. The summed E-state index contributed by atoms with van der Waals surface area (Å²) in [5, 5.41) is 3.38. The molecule has 1 aliphatic rings. The first-order valence-corrected chi connectivity index (χ1v) is 6.64. The van der Waals surface area contributed by atoms with E-state index in [0.29, 0.717) is 6.04 Å². The van der Waals surface area contributed by atoms with Crippen LogP contribution in [0.1, 0.15) is 40.5 Å². The third-order valence-electron chi connectivity index (χ3n) is 3.30. The Labute approximate surface area is 101 Å². The molecule has 96 valence electrons. The molecule has 1 saturated heterocycles. The molecule has 0 spiro atoms. The third kappa shape index (κ3) is 4.81. The summed E-state index contributed by atoms with van der Waals surface area (Å²) in [5.41, 5.74) is 0.0359. The van der Waals surface area contributed by atoms with E-state index in [1.54, 1.807) is 0 Å². The molecule has 0 aromatic carbocycles. The van der Waals surface area contributed by atoms with Crippen LogP contribution in [0.5, 0.6) is 0 Å². The molecule has 0 aromatic heterocycles. The lowest BCUT2D eigenvalue weighted by molar-refractivity contribution is -0.0960. The number of ether oxygens (including phenoxy) is 1. The topological polar surface area (TPSA) is 24.5 Å². The van der Waals surface area contributed by atoms with Crippen molar-refractivity contribution < 1.29 is 4.74 Å². The van der Waals surface area contributed by atoms with Crippen molar-refractivity contribution >= 4 is 0 Å². The van der Waals surface area contributed by atoms with Crippen molar-refractivity contribution in [3.63, 3.8) is 0 Å². The summed E-state index contributed by atoms with van der Waals surface area (Å²) in [6.45, 7) is 14.1. The normalized spacial score (nSPS) is 23.2. The number of rotatable bonds is 6. The van der Waals surface area contributed by atoms with E-state index in [0.717, 1.165) is 32.8 Å². The van der Waals surface area contributed by atoms with Gasteiger partial charge in [0.15, 0.2) is 0 Å². The maximum absolute atomic E-state index is 5.73. The van der Waals surface area contributed by atoms with Crippen LogP contribution >= 0.6 is 0 Å². The van der Waals surface area contributed by atoms with Gasteiger partial charge in [0.2, 0.25) is 0 Å². The van der Waals surface area contributed by atoms with Crippen molar-refractivity contribution in [2.24, 2.45) is 0 Å². The molecular formula is C13H28N2O. The molecule has 1 atom stereocenters. The van der Waals surface area contributed by atoms with Gasteiger partial charge >= 0.3 is 0 Å². The fourth-order valence-electron chi connectivity index (χ4n) is 2.31. The van der Waals surface area contributed by atoms with Gasteiger partial charge in [-0.25, -0.2) is 0 Å². The van der Waals surface area contributed by atoms with Crippen molar-refractivity contribution in [1.29, 1.82) is 0 Å². The number of hydrogen-bond donors (Lipinski definition) is 1. The van der Waals surface area contributed by atoms with E-state index in [-0.39, 0.29) is 5.60 Å². The fraction of sp³-hybridized carbons (Fsp3) is 1.00. The van der Waals surface area contributed by atoms with Crippen LogP contribution in [0.2, 0.25) is 0 Å². The monoisotopic (exact) mass is 228 g/mol. The zero-order valence-corrected chi connectivity index (χ0v) is 11.4. The molecule has 1 aliphatic heterocycles. The van der Waals surface area contributed by atoms with Crippen molar-refractivity contribution in [2.45, 2.75) is 52.2 Å². The molecule has 0 radical (unpaired) electrons. The van der Waals surface area contributed by atoms with E-state index >= 15 is 0 Å². The van der Waals surface area contributed by atoms with Crippen LogP contribution in [-0.2, 0) is 4.74 Å². The quantitative estimate of drug-likeness (QED) is 0.703. The van der Waals surface area contributed by atoms with E-state index in [1.165, 1.54) is 12.8 Å². The fourth-order valence-corrected chi connectivity index (χ4v) is 2.31. The second-order valence-corrected chi connectivity index (χ2v) is 5.42. The van der Waals surface area contributed by atoms with Crippen LogP contribution < -0.4 is 5.32 Å². The van der Waals surface area contributed by atoms with Crippen LogP contribution in [0.15, 0.2) is 0 Å². The zero-order chi connectivity index (χ0) is 12.0. The first-order valence-electron chi connectivity index (χ1n) is 6.64. The minimum atomic E-state index is 0.0359. The maximum Gasteiger partial charge on any atom is 0.0753 e. The Balaban J connectivity index is 2.22. The third-order valence-corrected chi connectivity index (χ3v) is 3.30. The van der Waals surface area contributed by atoms with E-state index in [9.17, 15) is 0 Å². The molecule has 0 bridgehead atoms. The highest BCUT2D eigenvalue weighted by Gasteiger charge is 2.29. The van der Waals surface area contributed by atoms with E-state index < -0.39 is 0 Å². The molecule has 1 unspecified atom stereocenters. The average Bonchev–Trinajstić information content (AvgIpc) is 2.22. The van der Waals surface area contributed by atoms with Crippen molar-refractivity contribution in [2.75, 3.05) is 32.8 Å². The summed E-state index contributed by atoms with van der Waals surface area (Å²) in [4.78, 5) is 2.56. The first kappa shape index (κ1) is 13.9. The van der Waals surface area contributed by atoms with Crippen LogP contribution in [0.25, 0.3) is 0 Å². The van der Waals surface area contributed by atoms with Gasteiger partial charge in [-0.1, -0.05) is 6.92 Å². The van der Waals surface area contributed by atoms with E-state index in [1.807, 2.05) is 0 Å². The predicted octanol–water partition coefficient (Wildman–Crippen LogP) is 1.88. The Bertz CT molecular complexity index is 194. The summed E-state index contributed by atoms with van der Waals surface area (Å²) in [7, 11) is 0. The zero-order valence-electron chi connectivity index (χ0n) is 11.4. The highest BCUT2D eigenvalue weighted by molar-refractivity contribution is 4.82. The van der Waals surface area contributed by atoms with Gasteiger partial charge < -0.3 is 10.1 Å². The Morgan fingerprint density at radius 2 is 2.19 bits per heavy atom. The van der Waals surface area contributed by atoms with Crippen molar-refractivity contribution in [3.8, 4) is 0 Å². The maximum atomic E-state index is 5.73. The summed E-state index contributed by atoms with van der Waals surface area (Å²) >= 11 is 0. The highest BCUT2D eigenvalue weighted by atomic mass is 16.5. The van der Waals surface area contributed by atoms with Crippen LogP contribution in [0.3, 0.4) is 0 Å². The number of morpholine rings is 1. The molecule has 3 nitrogen and oxygen atoms in total. The van der Waals surface area contributed by atoms with Crippen LogP contribution in [0.4, 0.5) is 0 Å². The SMILES string of the molecule is CCNCCCC(C)N1CCOC(C)(C)C1. The Morgan fingerprint density at radius 1 is 1.44 bits per heavy atom. The smallest absolute Gasteiger partial charge is 0.0753 e. The summed E-state index contributed by atoms with van der Waals surface area (Å²) < 4.78 is 5.73. The summed E-state index contributed by atoms with van der Waals surface area (Å²) in [5.74, 6) is 0. The molecule has 0 aliphatic carbocycles. The molecule has 1 N–H and O–H groups in total. The van der Waals surface area contributed by atoms with Gasteiger partial charge in [-0.3, -0.25) is 4.90 Å². The minimum absolute atomic E-state index is 0.0359. The molecule has 1 heterocycles. The molecule has 1 rings (SSSR count). The van der Waals surface area contributed by atoms with E-state index in [4.69, 9.17) is 4.74 Å². The Morgan fingerprint density at radius 3 is 2.81 bits per heavy atom.